The van der Waals surface area contributed by atoms with Gasteiger partial charge in [-0.25, -0.2) is 4.39 Å². The number of amides is 1. The second kappa shape index (κ2) is 9.01. The van der Waals surface area contributed by atoms with Gasteiger partial charge in [0, 0.05) is 19.2 Å². The Morgan fingerprint density at radius 1 is 1.17 bits per heavy atom. The van der Waals surface area contributed by atoms with E-state index in [0.29, 0.717) is 22.9 Å². The van der Waals surface area contributed by atoms with Crippen LogP contribution >= 0.6 is 0 Å². The van der Waals surface area contributed by atoms with Crippen LogP contribution in [0.1, 0.15) is 11.5 Å². The molecule has 0 N–H and O–H groups in total. The van der Waals surface area contributed by atoms with Crippen molar-refractivity contribution in [2.75, 3.05) is 21.3 Å². The fraction of sp³-hybridized carbons (Fsp3) is 0.190. The van der Waals surface area contributed by atoms with E-state index < -0.39 is 0 Å². The molecule has 3 rings (SSSR count). The maximum Gasteiger partial charge on any atom is 0.246 e. The third-order valence-corrected chi connectivity index (χ3v) is 4.15. The number of methoxy groups -OCH3 is 2. The van der Waals surface area contributed by atoms with Gasteiger partial charge in [0.05, 0.1) is 26.3 Å². The number of halogens is 1. The number of hydrogen-bond donors (Lipinski definition) is 0. The van der Waals surface area contributed by atoms with Gasteiger partial charge >= 0.3 is 0 Å². The molecule has 0 unspecified atom stereocenters. The molecule has 0 fully saturated rings. The van der Waals surface area contributed by atoms with Crippen molar-refractivity contribution in [1.29, 1.82) is 0 Å². The Morgan fingerprint density at radius 3 is 2.62 bits per heavy atom. The van der Waals surface area contributed by atoms with E-state index in [1.807, 2.05) is 0 Å². The summed E-state index contributed by atoms with van der Waals surface area (Å²) in [4.78, 5) is 18.0. The van der Waals surface area contributed by atoms with Crippen molar-refractivity contribution in [2.45, 2.75) is 6.54 Å². The molecule has 1 heterocycles. The fourth-order valence-electron chi connectivity index (χ4n) is 2.56. The van der Waals surface area contributed by atoms with Gasteiger partial charge in [-0.1, -0.05) is 17.3 Å². The Kier molecular flexibility index (Phi) is 6.23. The van der Waals surface area contributed by atoms with Crippen LogP contribution in [0.25, 0.3) is 17.5 Å². The summed E-state index contributed by atoms with van der Waals surface area (Å²) < 4.78 is 28.7. The SMILES string of the molecule is COc1ccc(-c2noc(CN(C)C(=O)/C=C/c3ccc(F)cc3)n2)c(OC)c1. The van der Waals surface area contributed by atoms with Crippen LogP contribution < -0.4 is 9.47 Å². The first-order valence-corrected chi connectivity index (χ1v) is 8.74. The smallest absolute Gasteiger partial charge is 0.246 e. The molecule has 0 saturated carbocycles. The normalized spacial score (nSPS) is 10.9. The lowest BCUT2D eigenvalue weighted by Crippen LogP contribution is -2.24. The molecule has 1 aromatic heterocycles. The Hall–Kier alpha value is -3.68. The van der Waals surface area contributed by atoms with Gasteiger partial charge in [-0.2, -0.15) is 4.98 Å². The molecule has 0 atom stereocenters. The minimum atomic E-state index is -0.328. The van der Waals surface area contributed by atoms with Crippen LogP contribution in [0.3, 0.4) is 0 Å². The molecule has 150 valence electrons. The van der Waals surface area contributed by atoms with Crippen molar-refractivity contribution >= 4 is 12.0 Å². The van der Waals surface area contributed by atoms with E-state index in [4.69, 9.17) is 14.0 Å². The number of aromatic nitrogens is 2. The zero-order valence-electron chi connectivity index (χ0n) is 16.3. The van der Waals surface area contributed by atoms with Gasteiger partial charge in [0.2, 0.25) is 17.6 Å². The summed E-state index contributed by atoms with van der Waals surface area (Å²) in [6.45, 7) is 0.137. The molecule has 0 radical (unpaired) electrons. The standard InChI is InChI=1S/C21H20FN3O4/c1-25(20(26)11-6-14-4-7-15(22)8-5-14)13-19-23-21(24-29-19)17-10-9-16(27-2)12-18(17)28-3/h4-12H,13H2,1-3H3/b11-6+. The summed E-state index contributed by atoms with van der Waals surface area (Å²) in [6.07, 6.45) is 3.01. The second-order valence-electron chi connectivity index (χ2n) is 6.16. The quantitative estimate of drug-likeness (QED) is 0.567. The zero-order chi connectivity index (χ0) is 20.8. The van der Waals surface area contributed by atoms with Crippen LogP contribution in [0.5, 0.6) is 11.5 Å². The summed E-state index contributed by atoms with van der Waals surface area (Å²) in [5, 5.41) is 3.97. The topological polar surface area (TPSA) is 77.7 Å². The van der Waals surface area contributed by atoms with Gasteiger partial charge in [-0.3, -0.25) is 4.79 Å². The number of ether oxygens (including phenoxy) is 2. The monoisotopic (exact) mass is 397 g/mol. The van der Waals surface area contributed by atoms with E-state index in [2.05, 4.69) is 10.1 Å². The highest BCUT2D eigenvalue weighted by molar-refractivity contribution is 5.91. The number of carbonyl (C=O) groups is 1. The molecule has 2 aromatic carbocycles. The lowest BCUT2D eigenvalue weighted by Gasteiger charge is -2.11. The lowest BCUT2D eigenvalue weighted by atomic mass is 10.2. The number of benzene rings is 2. The summed E-state index contributed by atoms with van der Waals surface area (Å²) in [6, 6.07) is 11.1. The van der Waals surface area contributed by atoms with Gasteiger partial charge in [-0.05, 0) is 35.9 Å². The van der Waals surface area contributed by atoms with Crippen molar-refractivity contribution in [3.63, 3.8) is 0 Å². The minimum Gasteiger partial charge on any atom is -0.497 e. The Morgan fingerprint density at radius 2 is 1.93 bits per heavy atom. The maximum absolute atomic E-state index is 12.9. The molecule has 7 nitrogen and oxygen atoms in total. The van der Waals surface area contributed by atoms with Crippen LogP contribution in [0.4, 0.5) is 4.39 Å². The molecule has 29 heavy (non-hydrogen) atoms. The molecular formula is C21H20FN3O4. The summed E-state index contributed by atoms with van der Waals surface area (Å²) >= 11 is 0. The van der Waals surface area contributed by atoms with E-state index >= 15 is 0 Å². The van der Waals surface area contributed by atoms with Gasteiger partial charge in [0.25, 0.3) is 0 Å². The lowest BCUT2D eigenvalue weighted by molar-refractivity contribution is -0.125. The first-order chi connectivity index (χ1) is 14.0. The van der Waals surface area contributed by atoms with Crippen LogP contribution in [-0.4, -0.2) is 42.2 Å². The van der Waals surface area contributed by atoms with E-state index in [-0.39, 0.29) is 24.2 Å². The molecule has 0 saturated heterocycles. The highest BCUT2D eigenvalue weighted by Gasteiger charge is 2.16. The first kappa shape index (κ1) is 20.1. The van der Waals surface area contributed by atoms with Gasteiger partial charge in [0.15, 0.2) is 0 Å². The van der Waals surface area contributed by atoms with Crippen molar-refractivity contribution < 1.29 is 23.2 Å². The van der Waals surface area contributed by atoms with Crippen molar-refractivity contribution in [3.05, 3.63) is 65.8 Å². The molecule has 1 amide bonds. The predicted molar refractivity (Wildman–Crippen MR) is 105 cm³/mol. The van der Waals surface area contributed by atoms with Crippen molar-refractivity contribution in [2.24, 2.45) is 0 Å². The molecular weight excluding hydrogens is 377 g/mol. The number of carbonyl (C=O) groups excluding carboxylic acids is 1. The maximum atomic E-state index is 12.9. The number of rotatable bonds is 7. The minimum absolute atomic E-state index is 0.137. The molecule has 0 aliphatic rings. The number of likely N-dealkylation sites (N-methyl/N-ethyl adjacent to an activating group) is 1. The summed E-state index contributed by atoms with van der Waals surface area (Å²) in [5.41, 5.74) is 1.37. The highest BCUT2D eigenvalue weighted by atomic mass is 19.1. The fourth-order valence-corrected chi connectivity index (χ4v) is 2.56. The Bertz CT molecular complexity index is 1020. The molecule has 0 aliphatic heterocycles. The number of hydrogen-bond acceptors (Lipinski definition) is 6. The van der Waals surface area contributed by atoms with E-state index in [1.165, 1.54) is 23.1 Å². The summed E-state index contributed by atoms with van der Waals surface area (Å²) in [5.74, 6) is 1.24. The Labute approximate surface area is 167 Å². The second-order valence-corrected chi connectivity index (χ2v) is 6.16. The molecule has 0 aliphatic carbocycles. The molecule has 0 spiro atoms. The van der Waals surface area contributed by atoms with Crippen LogP contribution in [0, 0.1) is 5.82 Å². The van der Waals surface area contributed by atoms with Crippen molar-refractivity contribution in [3.8, 4) is 22.9 Å². The highest BCUT2D eigenvalue weighted by Crippen LogP contribution is 2.31. The van der Waals surface area contributed by atoms with E-state index in [9.17, 15) is 9.18 Å². The van der Waals surface area contributed by atoms with E-state index in [0.717, 1.165) is 5.56 Å². The third kappa shape index (κ3) is 4.98. The largest absolute Gasteiger partial charge is 0.497 e. The molecule has 0 bridgehead atoms. The van der Waals surface area contributed by atoms with Gasteiger partial charge in [-0.15, -0.1) is 0 Å². The molecule has 8 heteroatoms. The first-order valence-electron chi connectivity index (χ1n) is 8.74. The van der Waals surface area contributed by atoms with Crippen LogP contribution in [-0.2, 0) is 11.3 Å². The van der Waals surface area contributed by atoms with Gasteiger partial charge < -0.3 is 18.9 Å². The Balaban J connectivity index is 1.68. The van der Waals surface area contributed by atoms with E-state index in [1.54, 1.807) is 57.7 Å². The zero-order valence-corrected chi connectivity index (χ0v) is 16.3. The average Bonchev–Trinajstić information content (AvgIpc) is 3.20. The molecule has 3 aromatic rings. The van der Waals surface area contributed by atoms with Crippen molar-refractivity contribution in [1.82, 2.24) is 15.0 Å². The number of nitrogens with zero attached hydrogens (tertiary/aromatic N) is 3. The van der Waals surface area contributed by atoms with Crippen LogP contribution in [0.2, 0.25) is 0 Å². The average molecular weight is 397 g/mol. The summed E-state index contributed by atoms with van der Waals surface area (Å²) in [7, 11) is 4.73. The third-order valence-electron chi connectivity index (χ3n) is 4.15. The van der Waals surface area contributed by atoms with Gasteiger partial charge in [0.1, 0.15) is 17.3 Å². The van der Waals surface area contributed by atoms with Crippen LogP contribution in [0.15, 0.2) is 53.1 Å². The predicted octanol–water partition coefficient (Wildman–Crippen LogP) is 3.56.